The minimum atomic E-state index is -1.14. The molecular formula is C10H10BrClO4. The number of aliphatic hydroxyl groups excluding tert-OH is 2. The SMILES string of the molecule is O=C(O)c1ccc(C(O)C(O)CCl)c(Br)c1. The lowest BCUT2D eigenvalue weighted by Gasteiger charge is -2.17. The number of aliphatic hydroxyl groups is 2. The highest BCUT2D eigenvalue weighted by Crippen LogP contribution is 2.27. The van der Waals surface area contributed by atoms with Crippen molar-refractivity contribution in [2.75, 3.05) is 5.88 Å². The molecule has 0 radical (unpaired) electrons. The quantitative estimate of drug-likeness (QED) is 0.741. The van der Waals surface area contributed by atoms with Crippen molar-refractivity contribution < 1.29 is 20.1 Å². The average molecular weight is 310 g/mol. The van der Waals surface area contributed by atoms with E-state index in [9.17, 15) is 15.0 Å². The molecule has 2 atom stereocenters. The first-order valence-electron chi connectivity index (χ1n) is 4.42. The van der Waals surface area contributed by atoms with E-state index in [-0.39, 0.29) is 11.4 Å². The molecule has 0 fully saturated rings. The van der Waals surface area contributed by atoms with Gasteiger partial charge in [-0.05, 0) is 17.7 Å². The van der Waals surface area contributed by atoms with Crippen LogP contribution in [0, 0.1) is 0 Å². The first kappa shape index (κ1) is 13.4. The van der Waals surface area contributed by atoms with Crippen LogP contribution >= 0.6 is 27.5 Å². The fourth-order valence-corrected chi connectivity index (χ4v) is 1.97. The van der Waals surface area contributed by atoms with Crippen LogP contribution in [-0.2, 0) is 0 Å². The second-order valence-electron chi connectivity index (χ2n) is 3.21. The maximum absolute atomic E-state index is 10.7. The molecule has 3 N–H and O–H groups in total. The van der Waals surface area contributed by atoms with Gasteiger partial charge in [0, 0.05) is 4.47 Å². The summed E-state index contributed by atoms with van der Waals surface area (Å²) in [5.41, 5.74) is 0.501. The predicted molar refractivity (Wildman–Crippen MR) is 62.8 cm³/mol. The highest BCUT2D eigenvalue weighted by molar-refractivity contribution is 9.10. The molecule has 1 aromatic rings. The van der Waals surface area contributed by atoms with E-state index in [2.05, 4.69) is 15.9 Å². The van der Waals surface area contributed by atoms with E-state index >= 15 is 0 Å². The number of carbonyl (C=O) groups is 1. The molecule has 0 aliphatic carbocycles. The highest BCUT2D eigenvalue weighted by atomic mass is 79.9. The number of rotatable bonds is 4. The standard InChI is InChI=1S/C10H10BrClO4/c11-7-3-5(10(15)16)1-2-6(7)9(14)8(13)4-12/h1-3,8-9,13-14H,4H2,(H,15,16). The lowest BCUT2D eigenvalue weighted by Crippen LogP contribution is -2.20. The van der Waals surface area contributed by atoms with Crippen molar-refractivity contribution in [1.29, 1.82) is 0 Å². The summed E-state index contributed by atoms with van der Waals surface area (Å²) < 4.78 is 0.420. The van der Waals surface area contributed by atoms with Crippen molar-refractivity contribution in [3.63, 3.8) is 0 Å². The largest absolute Gasteiger partial charge is 0.478 e. The Kier molecular flexibility index (Phi) is 4.73. The van der Waals surface area contributed by atoms with Gasteiger partial charge >= 0.3 is 5.97 Å². The molecule has 1 rings (SSSR count). The molecule has 2 unspecified atom stereocenters. The van der Waals surface area contributed by atoms with Gasteiger partial charge in [0.15, 0.2) is 0 Å². The Morgan fingerprint density at radius 1 is 1.44 bits per heavy atom. The normalized spacial score (nSPS) is 14.5. The number of hydrogen-bond donors (Lipinski definition) is 3. The molecule has 4 nitrogen and oxygen atoms in total. The van der Waals surface area contributed by atoms with Crippen LogP contribution in [0.1, 0.15) is 22.0 Å². The molecule has 88 valence electrons. The monoisotopic (exact) mass is 308 g/mol. The summed E-state index contributed by atoms with van der Waals surface area (Å²) in [6.45, 7) is 0. The average Bonchev–Trinajstić information content (AvgIpc) is 2.26. The maximum atomic E-state index is 10.7. The minimum absolute atomic E-state index is 0.100. The summed E-state index contributed by atoms with van der Waals surface area (Å²) >= 11 is 8.55. The van der Waals surface area contributed by atoms with E-state index < -0.39 is 18.2 Å². The Labute approximate surface area is 106 Å². The second kappa shape index (κ2) is 5.63. The molecule has 0 amide bonds. The molecule has 16 heavy (non-hydrogen) atoms. The Morgan fingerprint density at radius 2 is 2.06 bits per heavy atom. The zero-order chi connectivity index (χ0) is 12.3. The summed E-state index contributed by atoms with van der Waals surface area (Å²) in [7, 11) is 0. The third-order valence-corrected chi connectivity index (χ3v) is 3.09. The van der Waals surface area contributed by atoms with Gasteiger partial charge in [-0.2, -0.15) is 0 Å². The summed E-state index contributed by atoms with van der Waals surface area (Å²) in [4.78, 5) is 10.7. The molecule has 0 aromatic heterocycles. The number of alkyl halides is 1. The van der Waals surface area contributed by atoms with Gasteiger partial charge in [0.05, 0.1) is 17.5 Å². The van der Waals surface area contributed by atoms with E-state index in [4.69, 9.17) is 16.7 Å². The van der Waals surface area contributed by atoms with Crippen LogP contribution in [0.25, 0.3) is 0 Å². The van der Waals surface area contributed by atoms with Crippen molar-refractivity contribution in [3.05, 3.63) is 33.8 Å². The van der Waals surface area contributed by atoms with Gasteiger partial charge in [0.2, 0.25) is 0 Å². The Hall–Kier alpha value is -0.620. The van der Waals surface area contributed by atoms with Crippen molar-refractivity contribution in [3.8, 4) is 0 Å². The van der Waals surface area contributed by atoms with Crippen molar-refractivity contribution in [1.82, 2.24) is 0 Å². The van der Waals surface area contributed by atoms with E-state index in [1.165, 1.54) is 18.2 Å². The van der Waals surface area contributed by atoms with Crippen LogP contribution in [-0.4, -0.2) is 33.3 Å². The highest BCUT2D eigenvalue weighted by Gasteiger charge is 2.20. The molecule has 0 bridgehead atoms. The van der Waals surface area contributed by atoms with E-state index in [0.717, 1.165) is 0 Å². The Morgan fingerprint density at radius 3 is 2.50 bits per heavy atom. The van der Waals surface area contributed by atoms with Crippen LogP contribution in [0.2, 0.25) is 0 Å². The summed E-state index contributed by atoms with van der Waals surface area (Å²) in [6, 6.07) is 4.16. The van der Waals surface area contributed by atoms with Crippen LogP contribution in [0.5, 0.6) is 0 Å². The number of hydrogen-bond acceptors (Lipinski definition) is 3. The van der Waals surface area contributed by atoms with Gasteiger partial charge in [-0.1, -0.05) is 22.0 Å². The van der Waals surface area contributed by atoms with Crippen molar-refractivity contribution in [2.24, 2.45) is 0 Å². The molecule has 0 saturated heterocycles. The molecule has 1 aromatic carbocycles. The number of aromatic carboxylic acids is 1. The van der Waals surface area contributed by atoms with Crippen LogP contribution in [0.15, 0.2) is 22.7 Å². The first-order chi connectivity index (χ1) is 7.47. The van der Waals surface area contributed by atoms with Crippen LogP contribution in [0.3, 0.4) is 0 Å². The maximum Gasteiger partial charge on any atom is 0.335 e. The number of benzene rings is 1. The lowest BCUT2D eigenvalue weighted by atomic mass is 10.0. The number of halogens is 2. The number of carboxylic acid groups (broad SMARTS) is 1. The topological polar surface area (TPSA) is 77.8 Å². The molecule has 0 spiro atoms. The molecule has 0 aliphatic rings. The molecule has 0 aliphatic heterocycles. The predicted octanol–water partition coefficient (Wildman–Crippen LogP) is 1.78. The Balaban J connectivity index is 3.03. The zero-order valence-electron chi connectivity index (χ0n) is 8.10. The molecule has 6 heteroatoms. The summed E-state index contributed by atoms with van der Waals surface area (Å²) in [5.74, 6) is -1.16. The summed E-state index contributed by atoms with van der Waals surface area (Å²) in [5, 5.41) is 27.8. The fraction of sp³-hybridized carbons (Fsp3) is 0.300. The number of carboxylic acids is 1. The third-order valence-electron chi connectivity index (χ3n) is 2.09. The van der Waals surface area contributed by atoms with Crippen LogP contribution in [0.4, 0.5) is 0 Å². The first-order valence-corrected chi connectivity index (χ1v) is 5.75. The van der Waals surface area contributed by atoms with Crippen LogP contribution < -0.4 is 0 Å². The third kappa shape index (κ3) is 2.95. The van der Waals surface area contributed by atoms with Gasteiger partial charge in [-0.3, -0.25) is 0 Å². The fourth-order valence-electron chi connectivity index (χ4n) is 1.19. The van der Waals surface area contributed by atoms with E-state index in [0.29, 0.717) is 10.0 Å². The van der Waals surface area contributed by atoms with Gasteiger partial charge in [0.25, 0.3) is 0 Å². The van der Waals surface area contributed by atoms with Gasteiger partial charge < -0.3 is 15.3 Å². The zero-order valence-corrected chi connectivity index (χ0v) is 10.4. The minimum Gasteiger partial charge on any atom is -0.478 e. The molecular weight excluding hydrogens is 299 g/mol. The second-order valence-corrected chi connectivity index (χ2v) is 4.37. The smallest absolute Gasteiger partial charge is 0.335 e. The molecule has 0 saturated carbocycles. The lowest BCUT2D eigenvalue weighted by molar-refractivity contribution is 0.0322. The van der Waals surface area contributed by atoms with E-state index in [1.54, 1.807) is 0 Å². The van der Waals surface area contributed by atoms with E-state index in [1.807, 2.05) is 0 Å². The van der Waals surface area contributed by atoms with Gasteiger partial charge in [-0.15, -0.1) is 11.6 Å². The Bertz CT molecular complexity index is 396. The van der Waals surface area contributed by atoms with Crippen molar-refractivity contribution >= 4 is 33.5 Å². The molecule has 0 heterocycles. The summed E-state index contributed by atoms with van der Waals surface area (Å²) in [6.07, 6.45) is -2.23. The van der Waals surface area contributed by atoms with Gasteiger partial charge in [-0.25, -0.2) is 4.79 Å². The van der Waals surface area contributed by atoms with Crippen molar-refractivity contribution in [2.45, 2.75) is 12.2 Å². The van der Waals surface area contributed by atoms with Gasteiger partial charge in [0.1, 0.15) is 6.10 Å².